The second-order valence-electron chi connectivity index (χ2n) is 6.29. The molecule has 1 amide bonds. The Hall–Kier alpha value is -2.95. The van der Waals surface area contributed by atoms with Gasteiger partial charge in [-0.15, -0.1) is 5.10 Å². The quantitative estimate of drug-likeness (QED) is 0.905. The molecule has 25 heavy (non-hydrogen) atoms. The molecule has 1 N–H and O–H groups in total. The number of nitrogens with one attached hydrogen (secondary N) is 1. The van der Waals surface area contributed by atoms with Crippen LogP contribution < -0.4 is 10.2 Å². The SMILES string of the molecule is Cc1cc(C(=O)NC2CCN(c3nnc(C)c(C)c3C#N)CC2)on1. The second-order valence-corrected chi connectivity index (χ2v) is 6.29. The lowest BCUT2D eigenvalue weighted by atomic mass is 10.0. The van der Waals surface area contributed by atoms with Crippen molar-refractivity contribution in [2.75, 3.05) is 18.0 Å². The van der Waals surface area contributed by atoms with Gasteiger partial charge in [-0.25, -0.2) is 0 Å². The lowest BCUT2D eigenvalue weighted by molar-refractivity contribution is 0.0893. The third-order valence-electron chi connectivity index (χ3n) is 4.53. The number of carbonyl (C=O) groups is 1. The zero-order chi connectivity index (χ0) is 18.0. The van der Waals surface area contributed by atoms with Crippen LogP contribution in [0.5, 0.6) is 0 Å². The van der Waals surface area contributed by atoms with Gasteiger partial charge in [-0.2, -0.15) is 10.4 Å². The zero-order valence-electron chi connectivity index (χ0n) is 14.5. The van der Waals surface area contributed by atoms with Gasteiger partial charge in [0.05, 0.1) is 11.4 Å². The van der Waals surface area contributed by atoms with E-state index >= 15 is 0 Å². The van der Waals surface area contributed by atoms with E-state index in [0.29, 0.717) is 30.2 Å². The minimum Gasteiger partial charge on any atom is -0.354 e. The number of hydrogen-bond donors (Lipinski definition) is 1. The Bertz CT molecular complexity index is 830. The van der Waals surface area contributed by atoms with Gasteiger partial charge < -0.3 is 14.7 Å². The van der Waals surface area contributed by atoms with Crippen LogP contribution in [-0.2, 0) is 0 Å². The summed E-state index contributed by atoms with van der Waals surface area (Å²) < 4.78 is 4.99. The lowest BCUT2D eigenvalue weighted by Gasteiger charge is -2.33. The predicted octanol–water partition coefficient (Wildman–Crippen LogP) is 1.66. The summed E-state index contributed by atoms with van der Waals surface area (Å²) >= 11 is 0. The first-order valence-corrected chi connectivity index (χ1v) is 8.22. The summed E-state index contributed by atoms with van der Waals surface area (Å²) in [6.07, 6.45) is 1.52. The minimum atomic E-state index is -0.247. The van der Waals surface area contributed by atoms with Crippen molar-refractivity contribution >= 4 is 11.7 Å². The molecule has 130 valence electrons. The molecular weight excluding hydrogens is 320 g/mol. The van der Waals surface area contributed by atoms with Crippen LogP contribution in [-0.4, -0.2) is 40.4 Å². The zero-order valence-corrected chi connectivity index (χ0v) is 14.5. The van der Waals surface area contributed by atoms with Crippen LogP contribution in [0.3, 0.4) is 0 Å². The molecule has 0 aromatic carbocycles. The Morgan fingerprint density at radius 2 is 2.04 bits per heavy atom. The summed E-state index contributed by atoms with van der Waals surface area (Å²) in [7, 11) is 0. The summed E-state index contributed by atoms with van der Waals surface area (Å²) in [5, 5.41) is 24.5. The standard InChI is InChI=1S/C17H20N6O2/c1-10-8-15(25-22-10)17(24)19-13-4-6-23(7-5-13)16-14(9-18)11(2)12(3)20-21-16/h8,13H,4-7H2,1-3H3,(H,19,24). The molecule has 0 bridgehead atoms. The van der Waals surface area contributed by atoms with Gasteiger partial charge in [0.2, 0.25) is 5.76 Å². The summed E-state index contributed by atoms with van der Waals surface area (Å²) in [5.41, 5.74) is 2.89. The maximum Gasteiger partial charge on any atom is 0.290 e. The van der Waals surface area contributed by atoms with Gasteiger partial charge in [0, 0.05) is 25.2 Å². The van der Waals surface area contributed by atoms with E-state index in [0.717, 1.165) is 24.1 Å². The van der Waals surface area contributed by atoms with Gasteiger partial charge in [0.25, 0.3) is 5.91 Å². The van der Waals surface area contributed by atoms with Gasteiger partial charge in [0.1, 0.15) is 11.6 Å². The highest BCUT2D eigenvalue weighted by Gasteiger charge is 2.25. The van der Waals surface area contributed by atoms with E-state index in [1.165, 1.54) is 0 Å². The highest BCUT2D eigenvalue weighted by Crippen LogP contribution is 2.24. The maximum absolute atomic E-state index is 12.1. The molecule has 0 aliphatic carbocycles. The van der Waals surface area contributed by atoms with E-state index < -0.39 is 0 Å². The van der Waals surface area contributed by atoms with Crippen molar-refractivity contribution in [3.63, 3.8) is 0 Å². The van der Waals surface area contributed by atoms with Crippen molar-refractivity contribution in [3.05, 3.63) is 34.3 Å². The third-order valence-corrected chi connectivity index (χ3v) is 4.53. The molecule has 8 heteroatoms. The second kappa shape index (κ2) is 6.89. The first kappa shape index (κ1) is 16.9. The van der Waals surface area contributed by atoms with Gasteiger partial charge >= 0.3 is 0 Å². The number of amides is 1. The van der Waals surface area contributed by atoms with Crippen LogP contribution in [0.1, 0.15) is 45.9 Å². The van der Waals surface area contributed by atoms with Crippen LogP contribution in [0.25, 0.3) is 0 Å². The summed E-state index contributed by atoms with van der Waals surface area (Å²) in [5.74, 6) is 0.607. The van der Waals surface area contributed by atoms with Crippen LogP contribution in [0.4, 0.5) is 5.82 Å². The number of anilines is 1. The average Bonchev–Trinajstić information content (AvgIpc) is 3.04. The number of hydrogen-bond acceptors (Lipinski definition) is 7. The van der Waals surface area contributed by atoms with Crippen LogP contribution in [0.15, 0.2) is 10.6 Å². The van der Waals surface area contributed by atoms with E-state index in [4.69, 9.17) is 4.52 Å². The van der Waals surface area contributed by atoms with Crippen LogP contribution in [0.2, 0.25) is 0 Å². The van der Waals surface area contributed by atoms with Gasteiger partial charge in [-0.1, -0.05) is 5.16 Å². The first-order valence-electron chi connectivity index (χ1n) is 8.22. The number of nitrogens with zero attached hydrogens (tertiary/aromatic N) is 5. The number of aryl methyl sites for hydroxylation is 2. The molecule has 0 saturated carbocycles. The molecular formula is C17H20N6O2. The molecule has 3 heterocycles. The van der Waals surface area contributed by atoms with E-state index in [1.807, 2.05) is 13.8 Å². The van der Waals surface area contributed by atoms with E-state index in [1.54, 1.807) is 13.0 Å². The van der Waals surface area contributed by atoms with Gasteiger partial charge in [-0.3, -0.25) is 4.79 Å². The van der Waals surface area contributed by atoms with Crippen LogP contribution >= 0.6 is 0 Å². The highest BCUT2D eigenvalue weighted by molar-refractivity contribution is 5.91. The van der Waals surface area contributed by atoms with Crippen molar-refractivity contribution in [1.82, 2.24) is 20.7 Å². The Balaban J connectivity index is 1.64. The summed E-state index contributed by atoms with van der Waals surface area (Å²) in [4.78, 5) is 14.2. The van der Waals surface area contributed by atoms with Gasteiger partial charge in [0.15, 0.2) is 5.82 Å². The van der Waals surface area contributed by atoms with Crippen molar-refractivity contribution in [2.24, 2.45) is 0 Å². The molecule has 1 saturated heterocycles. The molecule has 1 fully saturated rings. The molecule has 3 rings (SSSR count). The fraction of sp³-hybridized carbons (Fsp3) is 0.471. The molecule has 1 aliphatic heterocycles. The lowest BCUT2D eigenvalue weighted by Crippen LogP contribution is -2.45. The summed E-state index contributed by atoms with van der Waals surface area (Å²) in [6, 6.07) is 3.91. The first-order chi connectivity index (χ1) is 12.0. The Morgan fingerprint density at radius 3 is 2.64 bits per heavy atom. The average molecular weight is 340 g/mol. The molecule has 8 nitrogen and oxygen atoms in total. The fourth-order valence-corrected chi connectivity index (χ4v) is 2.91. The molecule has 0 unspecified atom stereocenters. The monoisotopic (exact) mass is 340 g/mol. The number of carbonyl (C=O) groups excluding carboxylic acids is 1. The topological polar surface area (TPSA) is 108 Å². The smallest absolute Gasteiger partial charge is 0.290 e. The van der Waals surface area contributed by atoms with Crippen molar-refractivity contribution in [3.8, 4) is 6.07 Å². The normalized spacial score (nSPS) is 15.0. The van der Waals surface area contributed by atoms with E-state index in [-0.39, 0.29) is 17.7 Å². The Kier molecular flexibility index (Phi) is 4.65. The third kappa shape index (κ3) is 3.45. The molecule has 1 aliphatic rings. The highest BCUT2D eigenvalue weighted by atomic mass is 16.5. The Labute approximate surface area is 145 Å². The largest absolute Gasteiger partial charge is 0.354 e. The predicted molar refractivity (Wildman–Crippen MR) is 90.2 cm³/mol. The number of nitriles is 1. The van der Waals surface area contributed by atoms with Crippen molar-refractivity contribution in [2.45, 2.75) is 39.7 Å². The van der Waals surface area contributed by atoms with Crippen molar-refractivity contribution < 1.29 is 9.32 Å². The number of piperidine rings is 1. The Morgan fingerprint density at radius 1 is 1.32 bits per heavy atom. The number of aromatic nitrogens is 3. The fourth-order valence-electron chi connectivity index (χ4n) is 2.91. The molecule has 0 radical (unpaired) electrons. The maximum atomic E-state index is 12.1. The van der Waals surface area contributed by atoms with Gasteiger partial charge in [-0.05, 0) is 39.2 Å². The summed E-state index contributed by atoms with van der Waals surface area (Å²) in [6.45, 7) is 6.91. The minimum absolute atomic E-state index is 0.0548. The van der Waals surface area contributed by atoms with E-state index in [9.17, 15) is 10.1 Å². The van der Waals surface area contributed by atoms with Crippen molar-refractivity contribution in [1.29, 1.82) is 5.26 Å². The molecule has 2 aromatic rings. The molecule has 2 aromatic heterocycles. The molecule has 0 atom stereocenters. The van der Waals surface area contributed by atoms with Crippen LogP contribution in [0, 0.1) is 32.1 Å². The number of rotatable bonds is 3. The molecule has 0 spiro atoms. The van der Waals surface area contributed by atoms with E-state index in [2.05, 4.69) is 31.6 Å².